The lowest BCUT2D eigenvalue weighted by molar-refractivity contribution is -0.385. The highest BCUT2D eigenvalue weighted by atomic mass is 35.5. The number of rotatable bonds is 4. The molecule has 0 aliphatic heterocycles. The fourth-order valence-electron chi connectivity index (χ4n) is 1.28. The monoisotopic (exact) mass is 304 g/mol. The molecule has 0 atom stereocenters. The molecule has 18 heavy (non-hydrogen) atoms. The minimum atomic E-state index is -0.541. The Labute approximate surface area is 116 Å². The Morgan fingerprint density at radius 1 is 1.44 bits per heavy atom. The van der Waals surface area contributed by atoms with Crippen molar-refractivity contribution in [3.63, 3.8) is 0 Å². The summed E-state index contributed by atoms with van der Waals surface area (Å²) in [7, 11) is 0. The maximum atomic E-state index is 10.8. The second-order valence-electron chi connectivity index (χ2n) is 3.21. The number of nitro benzene ring substituents is 1. The second kappa shape index (κ2) is 5.51. The molecule has 1 aromatic carbocycles. The van der Waals surface area contributed by atoms with Gasteiger partial charge in [0, 0.05) is 12.3 Å². The van der Waals surface area contributed by atoms with E-state index in [1.807, 2.05) is 0 Å². The molecule has 94 valence electrons. The van der Waals surface area contributed by atoms with Crippen LogP contribution in [0.4, 0.5) is 5.69 Å². The summed E-state index contributed by atoms with van der Waals surface area (Å²) in [6, 6.07) is 4.36. The van der Waals surface area contributed by atoms with Crippen LogP contribution < -0.4 is 4.74 Å². The number of hydrogen-bond acceptors (Lipinski definition) is 5. The van der Waals surface area contributed by atoms with Gasteiger partial charge in [0.15, 0.2) is 4.47 Å². The van der Waals surface area contributed by atoms with E-state index in [0.717, 1.165) is 4.88 Å². The molecule has 1 aromatic heterocycles. The number of para-hydroxylation sites is 1. The Morgan fingerprint density at radius 2 is 2.22 bits per heavy atom. The molecule has 0 amide bonds. The topological polar surface area (TPSA) is 65.3 Å². The van der Waals surface area contributed by atoms with E-state index in [-0.39, 0.29) is 23.1 Å². The van der Waals surface area contributed by atoms with E-state index in [1.165, 1.54) is 29.5 Å². The molecular formula is C10H6Cl2N2O3S. The fraction of sp³-hybridized carbons (Fsp3) is 0.100. The molecule has 0 bridgehead atoms. The molecule has 0 radical (unpaired) electrons. The summed E-state index contributed by atoms with van der Waals surface area (Å²) >= 11 is 12.8. The summed E-state index contributed by atoms with van der Waals surface area (Å²) in [5.41, 5.74) is -0.168. The highest BCUT2D eigenvalue weighted by Crippen LogP contribution is 2.35. The highest BCUT2D eigenvalue weighted by Gasteiger charge is 2.18. The molecule has 2 aromatic rings. The fourth-order valence-corrected chi connectivity index (χ4v) is 2.39. The Hall–Kier alpha value is -1.37. The van der Waals surface area contributed by atoms with Gasteiger partial charge in [-0.2, -0.15) is 0 Å². The zero-order valence-corrected chi connectivity index (χ0v) is 11.1. The van der Waals surface area contributed by atoms with Crippen LogP contribution in [-0.2, 0) is 6.61 Å². The summed E-state index contributed by atoms with van der Waals surface area (Å²) < 4.78 is 5.76. The predicted molar refractivity (Wildman–Crippen MR) is 69.6 cm³/mol. The lowest BCUT2D eigenvalue weighted by Gasteiger charge is -2.06. The molecule has 1 heterocycles. The molecule has 0 saturated heterocycles. The molecule has 0 unspecified atom stereocenters. The normalized spacial score (nSPS) is 10.3. The van der Waals surface area contributed by atoms with Gasteiger partial charge in [-0.15, -0.1) is 11.3 Å². The maximum Gasteiger partial charge on any atom is 0.312 e. The van der Waals surface area contributed by atoms with Crippen LogP contribution in [0.3, 0.4) is 0 Å². The standard InChI is InChI=1S/C10H6Cl2N2O3S/c11-7-2-1-3-8(14(15)16)9(7)17-5-6-4-13-10(12)18-6/h1-4H,5H2. The Balaban J connectivity index is 2.20. The first-order valence-corrected chi connectivity index (χ1v) is 6.31. The van der Waals surface area contributed by atoms with E-state index in [1.54, 1.807) is 6.20 Å². The van der Waals surface area contributed by atoms with E-state index in [2.05, 4.69) is 4.98 Å². The first-order valence-electron chi connectivity index (χ1n) is 4.74. The van der Waals surface area contributed by atoms with Crippen molar-refractivity contribution in [3.05, 3.63) is 48.9 Å². The lowest BCUT2D eigenvalue weighted by Crippen LogP contribution is -1.98. The average molecular weight is 305 g/mol. The van der Waals surface area contributed by atoms with Gasteiger partial charge < -0.3 is 4.74 Å². The van der Waals surface area contributed by atoms with Crippen LogP contribution in [0.5, 0.6) is 5.75 Å². The van der Waals surface area contributed by atoms with Crippen LogP contribution in [0.2, 0.25) is 9.49 Å². The Morgan fingerprint density at radius 3 is 2.83 bits per heavy atom. The van der Waals surface area contributed by atoms with Gasteiger partial charge in [0.2, 0.25) is 5.75 Å². The highest BCUT2D eigenvalue weighted by molar-refractivity contribution is 7.15. The lowest BCUT2D eigenvalue weighted by atomic mass is 10.3. The van der Waals surface area contributed by atoms with Crippen LogP contribution in [0, 0.1) is 10.1 Å². The van der Waals surface area contributed by atoms with Gasteiger partial charge in [0.1, 0.15) is 6.61 Å². The molecule has 0 aliphatic carbocycles. The van der Waals surface area contributed by atoms with Crippen molar-refractivity contribution < 1.29 is 9.66 Å². The number of ether oxygens (including phenoxy) is 1. The van der Waals surface area contributed by atoms with Crippen molar-refractivity contribution in [2.24, 2.45) is 0 Å². The van der Waals surface area contributed by atoms with Crippen LogP contribution in [0.1, 0.15) is 4.88 Å². The van der Waals surface area contributed by atoms with E-state index in [4.69, 9.17) is 27.9 Å². The summed E-state index contributed by atoms with van der Waals surface area (Å²) in [6.45, 7) is 0.134. The van der Waals surface area contributed by atoms with Gasteiger partial charge in [-0.1, -0.05) is 29.3 Å². The minimum absolute atomic E-state index is 0.0497. The summed E-state index contributed by atoms with van der Waals surface area (Å²) in [4.78, 5) is 14.9. The quantitative estimate of drug-likeness (QED) is 0.634. The van der Waals surface area contributed by atoms with E-state index in [9.17, 15) is 10.1 Å². The van der Waals surface area contributed by atoms with Gasteiger partial charge in [-0.25, -0.2) is 4.98 Å². The first-order chi connectivity index (χ1) is 8.58. The third-order valence-corrected chi connectivity index (χ3v) is 3.41. The molecule has 2 rings (SSSR count). The zero-order chi connectivity index (χ0) is 13.1. The van der Waals surface area contributed by atoms with Crippen molar-refractivity contribution in [1.29, 1.82) is 0 Å². The smallest absolute Gasteiger partial charge is 0.312 e. The van der Waals surface area contributed by atoms with Crippen molar-refractivity contribution in [3.8, 4) is 5.75 Å². The van der Waals surface area contributed by atoms with E-state index in [0.29, 0.717) is 4.47 Å². The molecule has 0 saturated carbocycles. The Kier molecular flexibility index (Phi) is 4.00. The second-order valence-corrected chi connectivity index (χ2v) is 5.32. The van der Waals surface area contributed by atoms with Crippen LogP contribution in [-0.4, -0.2) is 9.91 Å². The predicted octanol–water partition coefficient (Wildman–Crippen LogP) is 3.94. The van der Waals surface area contributed by atoms with Gasteiger partial charge in [-0.3, -0.25) is 10.1 Å². The van der Waals surface area contributed by atoms with E-state index >= 15 is 0 Å². The van der Waals surface area contributed by atoms with Crippen molar-refractivity contribution >= 4 is 40.2 Å². The number of hydrogen-bond donors (Lipinski definition) is 0. The van der Waals surface area contributed by atoms with Gasteiger partial charge in [0.05, 0.1) is 14.8 Å². The summed E-state index contributed by atoms with van der Waals surface area (Å²) in [6.07, 6.45) is 1.55. The van der Waals surface area contributed by atoms with Crippen LogP contribution in [0.15, 0.2) is 24.4 Å². The van der Waals surface area contributed by atoms with Gasteiger partial charge in [-0.05, 0) is 6.07 Å². The third-order valence-electron chi connectivity index (χ3n) is 2.03. The molecule has 0 N–H and O–H groups in total. The molecule has 8 heteroatoms. The average Bonchev–Trinajstić information content (AvgIpc) is 2.73. The minimum Gasteiger partial charge on any atom is -0.480 e. The van der Waals surface area contributed by atoms with Crippen LogP contribution >= 0.6 is 34.5 Å². The van der Waals surface area contributed by atoms with Crippen molar-refractivity contribution in [2.75, 3.05) is 0 Å². The van der Waals surface area contributed by atoms with Crippen LogP contribution in [0.25, 0.3) is 0 Å². The molecular weight excluding hydrogens is 299 g/mol. The summed E-state index contributed by atoms with van der Waals surface area (Å²) in [5, 5.41) is 11.0. The van der Waals surface area contributed by atoms with Crippen molar-refractivity contribution in [2.45, 2.75) is 6.61 Å². The van der Waals surface area contributed by atoms with Gasteiger partial charge in [0.25, 0.3) is 0 Å². The SMILES string of the molecule is O=[N+]([O-])c1cccc(Cl)c1OCc1cnc(Cl)s1. The zero-order valence-electron chi connectivity index (χ0n) is 8.80. The van der Waals surface area contributed by atoms with Crippen molar-refractivity contribution in [1.82, 2.24) is 4.98 Å². The Bertz CT molecular complexity index is 588. The van der Waals surface area contributed by atoms with Gasteiger partial charge >= 0.3 is 5.69 Å². The molecule has 5 nitrogen and oxygen atoms in total. The largest absolute Gasteiger partial charge is 0.480 e. The first kappa shape index (κ1) is 13.1. The number of benzene rings is 1. The molecule has 0 spiro atoms. The number of nitrogens with zero attached hydrogens (tertiary/aromatic N) is 2. The molecule has 0 aliphatic rings. The third kappa shape index (κ3) is 2.90. The summed E-state index contributed by atoms with van der Waals surface area (Å²) in [5.74, 6) is 0.0497. The maximum absolute atomic E-state index is 10.8. The number of aromatic nitrogens is 1. The van der Waals surface area contributed by atoms with E-state index < -0.39 is 4.92 Å². The number of thiazole rings is 1. The number of halogens is 2. The molecule has 0 fully saturated rings. The number of nitro groups is 1.